The highest BCUT2D eigenvalue weighted by Gasteiger charge is 2.19. The molecule has 0 aliphatic heterocycles. The molecule has 364 valence electrons. The van der Waals surface area contributed by atoms with Crippen molar-refractivity contribution in [1.82, 2.24) is 0 Å². The fourth-order valence-corrected chi connectivity index (χ4v) is 7.51. The van der Waals surface area contributed by atoms with Gasteiger partial charge in [0.15, 0.2) is 6.10 Å². The number of ether oxygens (including phenoxy) is 3. The van der Waals surface area contributed by atoms with Gasteiger partial charge in [-0.1, -0.05) is 236 Å². The minimum Gasteiger partial charge on any atom is -0.462 e. The van der Waals surface area contributed by atoms with Crippen molar-refractivity contribution >= 4 is 17.9 Å². The monoisotopic (exact) mass is 881 g/mol. The first-order valence-electron chi connectivity index (χ1n) is 26.8. The van der Waals surface area contributed by atoms with E-state index in [0.717, 1.165) is 70.6 Å². The van der Waals surface area contributed by atoms with E-state index in [4.69, 9.17) is 14.2 Å². The van der Waals surface area contributed by atoms with E-state index >= 15 is 0 Å². The summed E-state index contributed by atoms with van der Waals surface area (Å²) in [6, 6.07) is 0. The van der Waals surface area contributed by atoms with Crippen molar-refractivity contribution in [2.75, 3.05) is 13.2 Å². The van der Waals surface area contributed by atoms with Crippen LogP contribution in [0.15, 0.2) is 60.8 Å². The number of carbonyl (C=O) groups excluding carboxylic acids is 3. The zero-order chi connectivity index (χ0) is 45.8. The van der Waals surface area contributed by atoms with E-state index in [1.807, 2.05) is 12.2 Å². The van der Waals surface area contributed by atoms with Gasteiger partial charge in [-0.3, -0.25) is 14.4 Å². The van der Waals surface area contributed by atoms with Crippen LogP contribution in [0.4, 0.5) is 0 Å². The van der Waals surface area contributed by atoms with Crippen LogP contribution in [0.5, 0.6) is 0 Å². The van der Waals surface area contributed by atoms with E-state index in [9.17, 15) is 14.4 Å². The molecule has 0 aromatic carbocycles. The highest BCUT2D eigenvalue weighted by molar-refractivity contribution is 5.71. The lowest BCUT2D eigenvalue weighted by Crippen LogP contribution is -2.30. The molecular formula is C57H100O6. The van der Waals surface area contributed by atoms with Crippen molar-refractivity contribution in [3.05, 3.63) is 60.8 Å². The first-order valence-corrected chi connectivity index (χ1v) is 26.8. The second-order valence-corrected chi connectivity index (χ2v) is 17.8. The van der Waals surface area contributed by atoms with Gasteiger partial charge in [-0.2, -0.15) is 0 Å². The van der Waals surface area contributed by atoms with E-state index in [-0.39, 0.29) is 37.5 Å². The highest BCUT2D eigenvalue weighted by Crippen LogP contribution is 2.16. The van der Waals surface area contributed by atoms with E-state index < -0.39 is 6.10 Å². The summed E-state index contributed by atoms with van der Waals surface area (Å²) in [7, 11) is 0. The SMILES string of the molecule is CC/C=C\C/C=C\C/C=C\C/C=C\CCC(=O)OC(COC(=O)CCCCCCC/C=C\CCCCCC)COC(=O)CCCCCCCCCCCCCCCCCCCCC. The molecule has 0 radical (unpaired) electrons. The molecule has 1 atom stereocenters. The van der Waals surface area contributed by atoms with Crippen LogP contribution in [0.3, 0.4) is 0 Å². The fraction of sp³-hybridized carbons (Fsp3) is 0.772. The lowest BCUT2D eigenvalue weighted by molar-refractivity contribution is -0.166. The Morgan fingerprint density at radius 2 is 0.651 bits per heavy atom. The standard InChI is InChI=1S/C57H100O6/c1-4-7-10-13-16-19-22-25-26-27-28-29-30-33-35-38-41-44-47-50-56(59)62-53-54(63-57(60)51-48-45-42-39-36-32-24-21-18-15-12-9-6-3)52-61-55(58)49-46-43-40-37-34-31-23-20-17-14-11-8-5-2/h9,12,18,20-21,23,32,36,42,45,54H,4-8,10-11,13-17,19,22,24-31,33-35,37-41,43-44,46-53H2,1-3H3/b12-9-,21-18-,23-20-,36-32-,45-42-. The van der Waals surface area contributed by atoms with Crippen LogP contribution in [0, 0.1) is 0 Å². The van der Waals surface area contributed by atoms with Gasteiger partial charge in [-0.05, 0) is 70.6 Å². The molecule has 1 unspecified atom stereocenters. The van der Waals surface area contributed by atoms with E-state index in [1.54, 1.807) is 0 Å². The highest BCUT2D eigenvalue weighted by atomic mass is 16.6. The van der Waals surface area contributed by atoms with Crippen LogP contribution < -0.4 is 0 Å². The summed E-state index contributed by atoms with van der Waals surface area (Å²) in [5, 5.41) is 0. The van der Waals surface area contributed by atoms with Crippen molar-refractivity contribution < 1.29 is 28.6 Å². The molecule has 0 aromatic heterocycles. The molecule has 0 fully saturated rings. The van der Waals surface area contributed by atoms with Gasteiger partial charge in [-0.15, -0.1) is 0 Å². The number of unbranched alkanes of at least 4 members (excludes halogenated alkanes) is 27. The quantitative estimate of drug-likeness (QED) is 0.0262. The van der Waals surface area contributed by atoms with Crippen LogP contribution in [0.2, 0.25) is 0 Å². The van der Waals surface area contributed by atoms with E-state index in [0.29, 0.717) is 19.3 Å². The van der Waals surface area contributed by atoms with Crippen molar-refractivity contribution in [1.29, 1.82) is 0 Å². The molecule has 0 aliphatic carbocycles. The molecule has 6 heteroatoms. The predicted molar refractivity (Wildman–Crippen MR) is 270 cm³/mol. The number of esters is 3. The Morgan fingerprint density at radius 3 is 1.05 bits per heavy atom. The van der Waals surface area contributed by atoms with Crippen LogP contribution >= 0.6 is 0 Å². The normalized spacial score (nSPS) is 12.5. The van der Waals surface area contributed by atoms with Gasteiger partial charge in [0.1, 0.15) is 13.2 Å². The minimum atomic E-state index is -0.812. The zero-order valence-corrected chi connectivity index (χ0v) is 41.6. The molecule has 0 aliphatic rings. The van der Waals surface area contributed by atoms with Crippen molar-refractivity contribution in [3.8, 4) is 0 Å². The summed E-state index contributed by atoms with van der Waals surface area (Å²) in [5.74, 6) is -0.987. The Labute approximate surface area is 390 Å². The largest absolute Gasteiger partial charge is 0.462 e. The Hall–Kier alpha value is -2.89. The summed E-state index contributed by atoms with van der Waals surface area (Å²) in [4.78, 5) is 37.9. The molecule has 0 heterocycles. The minimum absolute atomic E-state index is 0.103. The molecule has 0 rings (SSSR count). The van der Waals surface area contributed by atoms with Gasteiger partial charge in [0.05, 0.1) is 0 Å². The fourth-order valence-electron chi connectivity index (χ4n) is 7.51. The summed E-state index contributed by atoms with van der Waals surface area (Å²) >= 11 is 0. The molecule has 0 N–H and O–H groups in total. The second-order valence-electron chi connectivity index (χ2n) is 17.8. The van der Waals surface area contributed by atoms with Crippen LogP contribution in [-0.4, -0.2) is 37.2 Å². The molecule has 0 aromatic rings. The maximum atomic E-state index is 12.7. The summed E-state index contributed by atoms with van der Waals surface area (Å²) in [6.07, 6.45) is 63.7. The van der Waals surface area contributed by atoms with E-state index in [2.05, 4.69) is 69.4 Å². The maximum Gasteiger partial charge on any atom is 0.306 e. The third kappa shape index (κ3) is 50.0. The molecule has 0 saturated heterocycles. The number of allylic oxidation sites excluding steroid dienone is 10. The average molecular weight is 881 g/mol. The van der Waals surface area contributed by atoms with Crippen LogP contribution in [0.25, 0.3) is 0 Å². The third-order valence-electron chi connectivity index (χ3n) is 11.5. The van der Waals surface area contributed by atoms with Crippen LogP contribution in [-0.2, 0) is 28.6 Å². The number of carbonyl (C=O) groups is 3. The van der Waals surface area contributed by atoms with Crippen molar-refractivity contribution in [2.45, 2.75) is 271 Å². The van der Waals surface area contributed by atoms with E-state index in [1.165, 1.54) is 148 Å². The van der Waals surface area contributed by atoms with Gasteiger partial charge >= 0.3 is 17.9 Å². The smallest absolute Gasteiger partial charge is 0.306 e. The molecule has 63 heavy (non-hydrogen) atoms. The summed E-state index contributed by atoms with van der Waals surface area (Å²) in [5.41, 5.74) is 0. The lowest BCUT2D eigenvalue weighted by atomic mass is 10.0. The first kappa shape index (κ1) is 60.1. The molecule has 0 bridgehead atoms. The number of hydrogen-bond acceptors (Lipinski definition) is 6. The number of rotatable bonds is 48. The maximum absolute atomic E-state index is 12.7. The Balaban J connectivity index is 4.38. The first-order chi connectivity index (χ1) is 31.0. The van der Waals surface area contributed by atoms with Gasteiger partial charge < -0.3 is 14.2 Å². The third-order valence-corrected chi connectivity index (χ3v) is 11.5. The van der Waals surface area contributed by atoms with Gasteiger partial charge in [0.2, 0.25) is 0 Å². The predicted octanol–water partition coefficient (Wildman–Crippen LogP) is 17.6. The summed E-state index contributed by atoms with van der Waals surface area (Å²) < 4.78 is 16.7. The molecule has 0 amide bonds. The average Bonchev–Trinajstić information content (AvgIpc) is 3.28. The molecule has 6 nitrogen and oxygen atoms in total. The van der Waals surface area contributed by atoms with Gasteiger partial charge in [0, 0.05) is 19.3 Å². The Kier molecular flexibility index (Phi) is 49.4. The zero-order valence-electron chi connectivity index (χ0n) is 41.6. The van der Waals surface area contributed by atoms with Gasteiger partial charge in [0.25, 0.3) is 0 Å². The van der Waals surface area contributed by atoms with Crippen LogP contribution in [0.1, 0.15) is 265 Å². The van der Waals surface area contributed by atoms with Crippen molar-refractivity contribution in [3.63, 3.8) is 0 Å². The second kappa shape index (κ2) is 51.7. The topological polar surface area (TPSA) is 78.9 Å². The van der Waals surface area contributed by atoms with Gasteiger partial charge in [-0.25, -0.2) is 0 Å². The summed E-state index contributed by atoms with van der Waals surface area (Å²) in [6.45, 7) is 6.46. The van der Waals surface area contributed by atoms with Crippen molar-refractivity contribution in [2.24, 2.45) is 0 Å². The Morgan fingerprint density at radius 1 is 0.333 bits per heavy atom. The lowest BCUT2D eigenvalue weighted by Gasteiger charge is -2.18. The Bertz CT molecular complexity index is 1150. The molecule has 0 saturated carbocycles. The number of hydrogen-bond donors (Lipinski definition) is 0. The molecule has 0 spiro atoms. The molecular weight excluding hydrogens is 781 g/mol.